The molecule has 0 saturated carbocycles. The van der Waals surface area contributed by atoms with Crippen LogP contribution in [0.5, 0.6) is 5.75 Å². The van der Waals surface area contributed by atoms with E-state index in [9.17, 15) is 9.59 Å². The summed E-state index contributed by atoms with van der Waals surface area (Å²) in [5, 5.41) is 2.78. The first-order valence-corrected chi connectivity index (χ1v) is 7.65. The normalized spacial score (nSPS) is 10.5. The van der Waals surface area contributed by atoms with Gasteiger partial charge in [-0.15, -0.1) is 0 Å². The van der Waals surface area contributed by atoms with Crippen LogP contribution in [0, 0.1) is 0 Å². The van der Waals surface area contributed by atoms with Crippen molar-refractivity contribution in [3.63, 3.8) is 0 Å². The molecule has 6 nitrogen and oxygen atoms in total. The largest absolute Gasteiger partial charge is 0.487 e. The quantitative estimate of drug-likeness (QED) is 0.439. The molecule has 0 spiro atoms. The Kier molecular flexibility index (Phi) is 7.91. The third kappa shape index (κ3) is 5.63. The molecule has 0 radical (unpaired) electrons. The lowest BCUT2D eigenvalue weighted by Gasteiger charge is -2.17. The smallest absolute Gasteiger partial charge is 0.248 e. The van der Waals surface area contributed by atoms with E-state index in [-0.39, 0.29) is 29.0 Å². The molecular weight excluding hydrogens is 334 g/mol. The lowest BCUT2D eigenvalue weighted by molar-refractivity contribution is -0.121. The van der Waals surface area contributed by atoms with Gasteiger partial charge in [-0.1, -0.05) is 17.2 Å². The average molecular weight is 356 g/mol. The summed E-state index contributed by atoms with van der Waals surface area (Å²) in [6, 6.07) is 3.12. The van der Waals surface area contributed by atoms with Crippen molar-refractivity contribution in [2.45, 2.75) is 27.1 Å². The molecule has 0 unspecified atom stereocenters. The molecule has 1 N–H and O–H groups in total. The van der Waals surface area contributed by atoms with Crippen LogP contribution in [0.4, 0.5) is 5.69 Å². The minimum absolute atomic E-state index is 0.105. The summed E-state index contributed by atoms with van der Waals surface area (Å²) in [6.07, 6.45) is 0.858. The molecule has 0 aliphatic rings. The second-order valence-corrected chi connectivity index (χ2v) is 5.66. The van der Waals surface area contributed by atoms with Gasteiger partial charge in [-0.25, -0.2) is 0 Å². The number of methoxy groups -OCH3 is 2. The second kappa shape index (κ2) is 9.42. The number of rotatable bonds is 8. The fraction of sp³-hybridized carbons (Fsp3) is 0.412. The number of allylic oxidation sites excluding steroid dienone is 1. The fourth-order valence-corrected chi connectivity index (χ4v) is 2.16. The fourth-order valence-electron chi connectivity index (χ4n) is 1.90. The third-order valence-corrected chi connectivity index (χ3v) is 3.43. The minimum atomic E-state index is -0.558. The van der Waals surface area contributed by atoms with E-state index in [1.807, 2.05) is 0 Å². The number of hydrogen-bond donors (Lipinski definition) is 1. The van der Waals surface area contributed by atoms with E-state index in [1.165, 1.54) is 27.2 Å². The van der Waals surface area contributed by atoms with E-state index in [0.29, 0.717) is 11.3 Å². The molecule has 0 bridgehead atoms. The van der Waals surface area contributed by atoms with Crippen LogP contribution in [-0.2, 0) is 14.3 Å². The molecule has 0 fully saturated rings. The summed E-state index contributed by atoms with van der Waals surface area (Å²) in [4.78, 5) is 23.8. The molecule has 0 aromatic heterocycles. The minimum Gasteiger partial charge on any atom is -0.487 e. The number of carbonyl (C=O) groups excluding carboxylic acids is 2. The van der Waals surface area contributed by atoms with Crippen molar-refractivity contribution in [3.8, 4) is 5.75 Å². The van der Waals surface area contributed by atoms with Gasteiger partial charge in [0.2, 0.25) is 5.91 Å². The molecular formula is C17H22ClNO5. The Morgan fingerprint density at radius 2 is 1.83 bits per heavy atom. The van der Waals surface area contributed by atoms with E-state index in [2.05, 4.69) is 5.32 Å². The zero-order valence-corrected chi connectivity index (χ0v) is 15.2. The van der Waals surface area contributed by atoms with E-state index in [0.717, 1.165) is 5.57 Å². The topological polar surface area (TPSA) is 73.9 Å². The highest BCUT2D eigenvalue weighted by atomic mass is 35.5. The molecule has 7 heteroatoms. The summed E-state index contributed by atoms with van der Waals surface area (Å²) in [5.41, 5.74) is 1.34. The highest BCUT2D eigenvalue weighted by molar-refractivity contribution is 6.36. The van der Waals surface area contributed by atoms with Gasteiger partial charge >= 0.3 is 0 Å². The van der Waals surface area contributed by atoms with E-state index in [4.69, 9.17) is 25.8 Å². The lowest BCUT2D eigenvalue weighted by atomic mass is 10.1. The van der Waals surface area contributed by atoms with Crippen LogP contribution in [0.2, 0.25) is 5.02 Å². The maximum Gasteiger partial charge on any atom is 0.248 e. The van der Waals surface area contributed by atoms with Gasteiger partial charge < -0.3 is 19.5 Å². The maximum absolute atomic E-state index is 12.0. The lowest BCUT2D eigenvalue weighted by Crippen LogP contribution is -2.22. The number of Topliss-reactive ketones (excluding diaryl/α,β-unsaturated/α-hetero) is 1. The number of ketones is 1. The molecule has 1 rings (SSSR count). The summed E-state index contributed by atoms with van der Waals surface area (Å²) in [5.74, 6) is -0.279. The molecule has 0 aliphatic carbocycles. The Hall–Kier alpha value is -1.89. The van der Waals surface area contributed by atoms with Crippen LogP contribution in [0.25, 0.3) is 0 Å². The van der Waals surface area contributed by atoms with Gasteiger partial charge in [0.15, 0.2) is 12.1 Å². The van der Waals surface area contributed by atoms with Crippen LogP contribution in [0.1, 0.15) is 31.1 Å². The Bertz CT molecular complexity index is 634. The van der Waals surface area contributed by atoms with Crippen LogP contribution in [0.3, 0.4) is 0 Å². The molecule has 132 valence electrons. The zero-order valence-electron chi connectivity index (χ0n) is 14.4. The SMILES string of the molecule is COC(COc1ccc(C(C)=O)c(NC(=O)C=C(C)C)c1Cl)OC. The van der Waals surface area contributed by atoms with Crippen LogP contribution < -0.4 is 10.1 Å². The summed E-state index contributed by atoms with van der Waals surface area (Å²) < 4.78 is 15.6. The molecule has 0 heterocycles. The number of anilines is 1. The third-order valence-electron chi connectivity index (χ3n) is 3.05. The number of benzene rings is 1. The highest BCUT2D eigenvalue weighted by Crippen LogP contribution is 2.35. The zero-order chi connectivity index (χ0) is 18.3. The first-order valence-electron chi connectivity index (χ1n) is 7.27. The van der Waals surface area contributed by atoms with Crippen molar-refractivity contribution >= 4 is 29.0 Å². The number of carbonyl (C=O) groups is 2. The van der Waals surface area contributed by atoms with Gasteiger partial charge in [0.05, 0.1) is 5.69 Å². The van der Waals surface area contributed by atoms with Crippen LogP contribution >= 0.6 is 11.6 Å². The average Bonchev–Trinajstić information content (AvgIpc) is 2.50. The van der Waals surface area contributed by atoms with Gasteiger partial charge in [0.25, 0.3) is 0 Å². The summed E-state index contributed by atoms with van der Waals surface area (Å²) >= 11 is 6.31. The Balaban J connectivity index is 3.13. The predicted molar refractivity (Wildman–Crippen MR) is 92.8 cm³/mol. The first kappa shape index (κ1) is 20.2. The van der Waals surface area contributed by atoms with E-state index in [1.54, 1.807) is 26.0 Å². The number of halogens is 1. The molecule has 1 aromatic carbocycles. The van der Waals surface area contributed by atoms with Gasteiger partial charge in [-0.2, -0.15) is 0 Å². The van der Waals surface area contributed by atoms with Gasteiger partial charge in [0, 0.05) is 25.9 Å². The van der Waals surface area contributed by atoms with E-state index < -0.39 is 6.29 Å². The number of ether oxygens (including phenoxy) is 3. The highest BCUT2D eigenvalue weighted by Gasteiger charge is 2.18. The monoisotopic (exact) mass is 355 g/mol. The predicted octanol–water partition coefficient (Wildman–Crippen LogP) is 3.45. The first-order chi connectivity index (χ1) is 11.3. The standard InChI is InChI=1S/C17H22ClNO5/c1-10(2)8-14(21)19-17-12(11(3)20)6-7-13(16(17)18)24-9-15(22-4)23-5/h6-8,15H,9H2,1-5H3,(H,19,21). The van der Waals surface area contributed by atoms with Gasteiger partial charge in [-0.05, 0) is 32.9 Å². The molecule has 1 amide bonds. The number of nitrogens with one attached hydrogen (secondary N) is 1. The molecule has 0 atom stereocenters. The number of hydrogen-bond acceptors (Lipinski definition) is 5. The van der Waals surface area contributed by atoms with Crippen molar-refractivity contribution in [1.29, 1.82) is 0 Å². The number of amides is 1. The molecule has 1 aromatic rings. The van der Waals surface area contributed by atoms with Crippen molar-refractivity contribution in [1.82, 2.24) is 0 Å². The summed E-state index contributed by atoms with van der Waals surface area (Å²) in [7, 11) is 2.98. The second-order valence-electron chi connectivity index (χ2n) is 5.28. The van der Waals surface area contributed by atoms with Crippen LogP contribution in [-0.4, -0.2) is 38.8 Å². The Labute approximate surface area is 146 Å². The molecule has 0 aliphatic heterocycles. The molecule has 24 heavy (non-hydrogen) atoms. The van der Waals surface area contributed by atoms with Crippen molar-refractivity contribution in [3.05, 3.63) is 34.4 Å². The van der Waals surface area contributed by atoms with Gasteiger partial charge in [-0.3, -0.25) is 9.59 Å². The molecule has 0 saturated heterocycles. The Morgan fingerprint density at radius 1 is 1.21 bits per heavy atom. The Morgan fingerprint density at radius 3 is 2.33 bits per heavy atom. The van der Waals surface area contributed by atoms with Crippen molar-refractivity contribution < 1.29 is 23.8 Å². The van der Waals surface area contributed by atoms with E-state index >= 15 is 0 Å². The summed E-state index contributed by atoms with van der Waals surface area (Å²) in [6.45, 7) is 5.09. The van der Waals surface area contributed by atoms with Crippen molar-refractivity contribution in [2.75, 3.05) is 26.1 Å². The van der Waals surface area contributed by atoms with Crippen LogP contribution in [0.15, 0.2) is 23.8 Å². The maximum atomic E-state index is 12.0. The van der Waals surface area contributed by atoms with Crippen molar-refractivity contribution in [2.24, 2.45) is 0 Å². The van der Waals surface area contributed by atoms with Gasteiger partial charge in [0.1, 0.15) is 17.4 Å².